The molecule has 4 atom stereocenters. The third kappa shape index (κ3) is 13.6. The van der Waals surface area contributed by atoms with Gasteiger partial charge >= 0.3 is 0 Å². The van der Waals surface area contributed by atoms with Crippen molar-refractivity contribution in [3.05, 3.63) is 129 Å². The average Bonchev–Trinajstić information content (AvgIpc) is 3.30. The number of rotatable bonds is 19. The molecule has 4 N–H and O–H groups in total. The second-order valence-electron chi connectivity index (χ2n) is 14.8. The fraction of sp³-hybridized carbons (Fsp3) is 0.234. The van der Waals surface area contributed by atoms with E-state index in [2.05, 4.69) is 41.7 Å². The number of anilines is 4. The van der Waals surface area contributed by atoms with Crippen LogP contribution in [0.5, 0.6) is 11.5 Å². The van der Waals surface area contributed by atoms with E-state index in [9.17, 15) is 28.8 Å². The van der Waals surface area contributed by atoms with E-state index in [4.69, 9.17) is 67.5 Å². The van der Waals surface area contributed by atoms with Crippen LogP contribution in [0.1, 0.15) is 75.9 Å². The molecule has 5 aromatic rings. The van der Waals surface area contributed by atoms with Crippen LogP contribution in [0, 0.1) is 0 Å². The Bertz CT molecular complexity index is 2820. The van der Waals surface area contributed by atoms with Gasteiger partial charge in [0.1, 0.15) is 22.9 Å². The van der Waals surface area contributed by atoms with Crippen LogP contribution in [0.25, 0.3) is 0 Å². The number of carbonyl (C=O) groups is 6. The molecule has 0 bridgehead atoms. The fourth-order valence-corrected chi connectivity index (χ4v) is 7.19. The lowest BCUT2D eigenvalue weighted by molar-refractivity contribution is -0.127. The SMILES string of the molecule is COc1ccc(C(C)Cl)c(NC(=O)c2ccc(Cl)c(N=NC(C(C)=O)C(=O)Nc3ccc(NC(=O)C(N=Nc4cc(C(=O)Nc5cc(OC)ccc5C(C)Cl)ccc4Cl)C(C)=O)c(CCl)c3)c2)c1. The minimum atomic E-state index is -1.65. The summed E-state index contributed by atoms with van der Waals surface area (Å²) in [5, 5.41) is 26.2. The molecule has 0 radical (unpaired) electrons. The van der Waals surface area contributed by atoms with Gasteiger partial charge in [0.2, 0.25) is 12.1 Å². The topological polar surface area (TPSA) is 218 Å². The predicted octanol–water partition coefficient (Wildman–Crippen LogP) is 12.2. The minimum absolute atomic E-state index is 0.000576. The van der Waals surface area contributed by atoms with Crippen LogP contribution in [-0.2, 0) is 25.1 Å². The second-order valence-corrected chi connectivity index (χ2v) is 17.2. The molecule has 5 rings (SSSR count). The van der Waals surface area contributed by atoms with E-state index in [0.717, 1.165) is 13.8 Å². The van der Waals surface area contributed by atoms with E-state index in [1.807, 2.05) is 0 Å². The van der Waals surface area contributed by atoms with Crippen molar-refractivity contribution in [3.63, 3.8) is 0 Å². The molecule has 0 saturated heterocycles. The van der Waals surface area contributed by atoms with Gasteiger partial charge in [-0.2, -0.15) is 20.5 Å². The zero-order chi connectivity index (χ0) is 49.8. The zero-order valence-corrected chi connectivity index (χ0v) is 40.9. The zero-order valence-electron chi connectivity index (χ0n) is 37.1. The minimum Gasteiger partial charge on any atom is -0.497 e. The van der Waals surface area contributed by atoms with Gasteiger partial charge in [-0.15, -0.1) is 34.8 Å². The summed E-state index contributed by atoms with van der Waals surface area (Å²) in [6.07, 6.45) is 0. The molecule has 0 fully saturated rings. The highest BCUT2D eigenvalue weighted by molar-refractivity contribution is 6.33. The molecule has 0 saturated carbocycles. The molecule has 0 aromatic heterocycles. The first-order chi connectivity index (χ1) is 32.3. The number of azo groups is 2. The molecule has 21 heteroatoms. The number of nitrogens with one attached hydrogen (secondary N) is 4. The Hall–Kier alpha value is -6.43. The quantitative estimate of drug-likeness (QED) is 0.0353. The monoisotopic (exact) mass is 1020 g/mol. The molecular weight excluding hydrogens is 982 g/mol. The smallest absolute Gasteiger partial charge is 0.258 e. The number of benzene rings is 5. The van der Waals surface area contributed by atoms with Crippen molar-refractivity contribution in [2.45, 2.75) is 56.4 Å². The first kappa shape index (κ1) is 52.5. The van der Waals surface area contributed by atoms with Crippen molar-refractivity contribution in [2.75, 3.05) is 35.5 Å². The number of alkyl halides is 3. The molecule has 0 aliphatic rings. The first-order valence-corrected chi connectivity index (χ1v) is 22.5. The van der Waals surface area contributed by atoms with E-state index in [-0.39, 0.29) is 49.8 Å². The van der Waals surface area contributed by atoms with Gasteiger partial charge < -0.3 is 30.7 Å². The molecular formula is C47H43Cl5N8O8. The number of ketones is 2. The van der Waals surface area contributed by atoms with Crippen LogP contribution >= 0.6 is 58.0 Å². The molecule has 68 heavy (non-hydrogen) atoms. The van der Waals surface area contributed by atoms with E-state index >= 15 is 0 Å². The average molecular weight is 1030 g/mol. The van der Waals surface area contributed by atoms with Gasteiger partial charge in [-0.05, 0) is 111 Å². The van der Waals surface area contributed by atoms with Crippen molar-refractivity contribution in [1.29, 1.82) is 0 Å². The molecule has 5 aromatic carbocycles. The number of ether oxygens (including phenoxy) is 2. The Morgan fingerprint density at radius 1 is 0.559 bits per heavy atom. The number of Topliss-reactive ketones (excluding diaryl/α,β-unsaturated/α-hetero) is 2. The summed E-state index contributed by atoms with van der Waals surface area (Å²) in [4.78, 5) is 78.9. The lowest BCUT2D eigenvalue weighted by Gasteiger charge is -2.15. The number of hydrogen-bond acceptors (Lipinski definition) is 12. The maximum Gasteiger partial charge on any atom is 0.258 e. The lowest BCUT2D eigenvalue weighted by atomic mass is 10.1. The Labute approximate surface area is 416 Å². The highest BCUT2D eigenvalue weighted by Crippen LogP contribution is 2.35. The number of hydrogen-bond donors (Lipinski definition) is 4. The van der Waals surface area contributed by atoms with E-state index in [1.165, 1.54) is 68.8 Å². The largest absolute Gasteiger partial charge is 0.497 e. The molecule has 4 unspecified atom stereocenters. The highest BCUT2D eigenvalue weighted by atomic mass is 35.5. The first-order valence-electron chi connectivity index (χ1n) is 20.3. The number of methoxy groups -OCH3 is 2. The van der Waals surface area contributed by atoms with Crippen molar-refractivity contribution < 1.29 is 38.2 Å². The third-order valence-electron chi connectivity index (χ3n) is 9.89. The maximum absolute atomic E-state index is 13.5. The van der Waals surface area contributed by atoms with Crippen molar-refractivity contribution in [2.24, 2.45) is 20.5 Å². The Morgan fingerprint density at radius 3 is 1.40 bits per heavy atom. The Morgan fingerprint density at radius 2 is 1.00 bits per heavy atom. The van der Waals surface area contributed by atoms with E-state index in [0.29, 0.717) is 39.6 Å². The number of halogens is 5. The summed E-state index contributed by atoms with van der Waals surface area (Å²) >= 11 is 31.6. The van der Waals surface area contributed by atoms with Crippen LogP contribution in [0.4, 0.5) is 34.1 Å². The summed E-state index contributed by atoms with van der Waals surface area (Å²) in [6, 6.07) is 19.6. The van der Waals surface area contributed by atoms with Crippen LogP contribution in [0.2, 0.25) is 10.0 Å². The molecule has 0 heterocycles. The van der Waals surface area contributed by atoms with Gasteiger partial charge in [-0.1, -0.05) is 35.3 Å². The van der Waals surface area contributed by atoms with Gasteiger partial charge in [-0.3, -0.25) is 28.8 Å². The number of amides is 4. The normalized spacial score (nSPS) is 13.0. The van der Waals surface area contributed by atoms with Gasteiger partial charge in [0.05, 0.1) is 35.0 Å². The third-order valence-corrected chi connectivity index (χ3v) is 11.3. The van der Waals surface area contributed by atoms with Crippen molar-refractivity contribution in [1.82, 2.24) is 0 Å². The van der Waals surface area contributed by atoms with Gasteiger partial charge in [-0.25, -0.2) is 0 Å². The highest BCUT2D eigenvalue weighted by Gasteiger charge is 2.27. The summed E-state index contributed by atoms with van der Waals surface area (Å²) < 4.78 is 10.6. The Kier molecular flexibility index (Phi) is 18.6. The van der Waals surface area contributed by atoms with Crippen molar-refractivity contribution >= 4 is 127 Å². The second kappa shape index (κ2) is 24.0. The van der Waals surface area contributed by atoms with Crippen LogP contribution < -0.4 is 30.7 Å². The number of nitrogens with zero attached hydrogens (tertiary/aromatic N) is 4. The van der Waals surface area contributed by atoms with Crippen LogP contribution in [0.15, 0.2) is 111 Å². The predicted molar refractivity (Wildman–Crippen MR) is 265 cm³/mol. The van der Waals surface area contributed by atoms with Crippen LogP contribution in [-0.4, -0.2) is 61.5 Å². The molecule has 16 nitrogen and oxygen atoms in total. The van der Waals surface area contributed by atoms with E-state index in [1.54, 1.807) is 50.2 Å². The van der Waals surface area contributed by atoms with Crippen LogP contribution in [0.3, 0.4) is 0 Å². The maximum atomic E-state index is 13.5. The van der Waals surface area contributed by atoms with Gasteiger partial charge in [0.25, 0.3) is 23.6 Å². The molecule has 0 aliphatic heterocycles. The molecule has 354 valence electrons. The van der Waals surface area contributed by atoms with Gasteiger partial charge in [0.15, 0.2) is 11.6 Å². The summed E-state index contributed by atoms with van der Waals surface area (Å²) in [7, 11) is 2.98. The summed E-state index contributed by atoms with van der Waals surface area (Å²) in [6.45, 7) is 5.80. The lowest BCUT2D eigenvalue weighted by Crippen LogP contribution is -2.32. The van der Waals surface area contributed by atoms with Gasteiger partial charge in [0, 0.05) is 51.9 Å². The number of carbonyl (C=O) groups excluding carboxylic acids is 6. The Balaban J connectivity index is 1.27. The molecule has 0 spiro atoms. The van der Waals surface area contributed by atoms with Crippen molar-refractivity contribution in [3.8, 4) is 11.5 Å². The van der Waals surface area contributed by atoms with E-state index < -0.39 is 58.0 Å². The standard InChI is InChI=1S/C47H43Cl5N8O8/c1-23(49)33-12-10-31(67-5)20-38(33)55-44(63)27-7-14-35(51)40(18-27)57-59-42(25(3)61)46(65)53-30-9-16-37(29(17-30)22-48)54-47(66)43(26(4)62)60-58-41-19-28(8-15-36(41)52)45(64)56-39-21-32(68-6)11-13-34(39)24(2)50/h7-21,23-24,42-43H,22H2,1-6H3,(H,53,65)(H,54,66)(H,55,63)(H,56,64). The summed E-state index contributed by atoms with van der Waals surface area (Å²) in [5.41, 5.74) is 3.09. The summed E-state index contributed by atoms with van der Waals surface area (Å²) in [5.74, 6) is -3.30. The fourth-order valence-electron chi connectivity index (χ4n) is 6.28. The molecule has 4 amide bonds. The molecule has 0 aliphatic carbocycles.